The van der Waals surface area contributed by atoms with Gasteiger partial charge in [-0.15, -0.1) is 0 Å². The van der Waals surface area contributed by atoms with Gasteiger partial charge in [-0.3, -0.25) is 0 Å². The molecule has 0 N–H and O–H groups in total. The third kappa shape index (κ3) is 11.7. The van der Waals surface area contributed by atoms with Crippen molar-refractivity contribution in [2.45, 2.75) is 33.8 Å². The average Bonchev–Trinajstić information content (AvgIpc) is 3.07. The number of benzene rings is 1. The van der Waals surface area contributed by atoms with Gasteiger partial charge in [-0.1, -0.05) is 69.4 Å². The standard InChI is InChI=1S/C9H10.C3H5O.C2H6.W/c1-2-6-9-7-4-3-5-8-9;1-3-2-4-3;1-2;/h2-8H,1H3;2-3H,1H3;1-2H3;/q;-1;;. The molecule has 0 aliphatic carbocycles. The minimum atomic E-state index is 0. The van der Waals surface area contributed by atoms with Crippen molar-refractivity contribution in [3.05, 3.63) is 48.6 Å². The topological polar surface area (TPSA) is 12.5 Å². The minimum absolute atomic E-state index is 0. The number of hydrogen-bond acceptors (Lipinski definition) is 1. The van der Waals surface area contributed by atoms with Crippen LogP contribution in [0.25, 0.3) is 6.08 Å². The SMILES string of the molecule is CC.CC1[CH-]O1.CC=Cc1ccccc1.[W]. The summed E-state index contributed by atoms with van der Waals surface area (Å²) in [5.74, 6) is 0. The van der Waals surface area contributed by atoms with Gasteiger partial charge in [-0.25, -0.2) is 0 Å². The second-order valence-electron chi connectivity index (χ2n) is 2.89. The molecular weight excluding hydrogens is 368 g/mol. The smallest absolute Gasteiger partial charge is 0 e. The predicted molar refractivity (Wildman–Crippen MR) is 67.3 cm³/mol. The molecular formula is C14H21OW-. The first-order chi connectivity index (χ1) is 7.33. The van der Waals surface area contributed by atoms with Crippen molar-refractivity contribution in [1.82, 2.24) is 0 Å². The van der Waals surface area contributed by atoms with Gasteiger partial charge in [0.05, 0.1) is 0 Å². The van der Waals surface area contributed by atoms with Crippen LogP contribution in [0.3, 0.4) is 0 Å². The van der Waals surface area contributed by atoms with E-state index in [0.29, 0.717) is 6.10 Å². The molecule has 0 spiro atoms. The monoisotopic (exact) mass is 389 g/mol. The Balaban J connectivity index is 0. The van der Waals surface area contributed by atoms with Gasteiger partial charge in [0.25, 0.3) is 0 Å². The molecule has 1 heterocycles. The molecule has 90 valence electrons. The Kier molecular flexibility index (Phi) is 14.3. The maximum atomic E-state index is 4.58. The Morgan fingerprint density at radius 3 is 1.94 bits per heavy atom. The first-order valence-corrected chi connectivity index (χ1v) is 5.49. The van der Waals surface area contributed by atoms with Crippen LogP contribution >= 0.6 is 0 Å². The van der Waals surface area contributed by atoms with Crippen LogP contribution in [0.5, 0.6) is 0 Å². The molecule has 1 unspecified atom stereocenters. The van der Waals surface area contributed by atoms with Crippen molar-refractivity contribution < 1.29 is 25.8 Å². The Hall–Kier alpha value is -0.392. The largest absolute Gasteiger partial charge is 0.570 e. The second kappa shape index (κ2) is 12.7. The molecule has 1 atom stereocenters. The van der Waals surface area contributed by atoms with Crippen LogP contribution in [0.15, 0.2) is 36.4 Å². The zero-order valence-corrected chi connectivity index (χ0v) is 13.4. The van der Waals surface area contributed by atoms with Crippen molar-refractivity contribution in [2.24, 2.45) is 0 Å². The Bertz CT molecular complexity index is 253. The molecule has 1 fully saturated rings. The summed E-state index contributed by atoms with van der Waals surface area (Å²) in [6.45, 7) is 9.81. The summed E-state index contributed by atoms with van der Waals surface area (Å²) in [6, 6.07) is 10.3. The maximum Gasteiger partial charge on any atom is 0 e. The van der Waals surface area contributed by atoms with Gasteiger partial charge in [0.1, 0.15) is 0 Å². The number of ether oxygens (including phenoxy) is 1. The molecule has 1 aromatic rings. The van der Waals surface area contributed by atoms with Crippen LogP contribution in [-0.4, -0.2) is 6.10 Å². The van der Waals surface area contributed by atoms with E-state index < -0.39 is 0 Å². The summed E-state index contributed by atoms with van der Waals surface area (Å²) in [6.07, 6.45) is 4.58. The molecule has 1 aliphatic rings. The second-order valence-corrected chi connectivity index (χ2v) is 2.89. The van der Waals surface area contributed by atoms with Crippen LogP contribution in [0.2, 0.25) is 0 Å². The van der Waals surface area contributed by atoms with Crippen LogP contribution in [-0.2, 0) is 25.8 Å². The molecule has 1 nitrogen and oxygen atoms in total. The number of epoxide rings is 1. The van der Waals surface area contributed by atoms with E-state index in [-0.39, 0.29) is 21.1 Å². The molecule has 0 bridgehead atoms. The summed E-state index contributed by atoms with van der Waals surface area (Å²) in [5, 5.41) is 0. The van der Waals surface area contributed by atoms with Gasteiger partial charge in [0, 0.05) is 21.1 Å². The quantitative estimate of drug-likeness (QED) is 0.515. The van der Waals surface area contributed by atoms with Crippen LogP contribution < -0.4 is 0 Å². The predicted octanol–water partition coefficient (Wildman–Crippen LogP) is 4.31. The molecule has 1 saturated heterocycles. The number of hydrogen-bond donors (Lipinski definition) is 0. The van der Waals surface area contributed by atoms with Crippen LogP contribution in [0.1, 0.15) is 33.3 Å². The summed E-state index contributed by atoms with van der Waals surface area (Å²) in [7, 11) is 0. The Morgan fingerprint density at radius 2 is 1.62 bits per heavy atom. The van der Waals surface area contributed by atoms with Gasteiger partial charge in [-0.2, -0.15) is 6.61 Å². The molecule has 2 rings (SSSR count). The molecule has 2 heteroatoms. The van der Waals surface area contributed by atoms with Crippen molar-refractivity contribution in [3.8, 4) is 0 Å². The molecule has 16 heavy (non-hydrogen) atoms. The van der Waals surface area contributed by atoms with E-state index in [1.165, 1.54) is 5.56 Å². The van der Waals surface area contributed by atoms with Gasteiger partial charge in [0.15, 0.2) is 0 Å². The summed E-state index contributed by atoms with van der Waals surface area (Å²) >= 11 is 0. The molecule has 0 saturated carbocycles. The third-order valence-corrected chi connectivity index (χ3v) is 1.57. The fourth-order valence-electron chi connectivity index (χ4n) is 0.835. The van der Waals surface area contributed by atoms with Crippen molar-refractivity contribution in [1.29, 1.82) is 0 Å². The van der Waals surface area contributed by atoms with E-state index >= 15 is 0 Å². The Morgan fingerprint density at radius 1 is 1.19 bits per heavy atom. The zero-order valence-electron chi connectivity index (χ0n) is 10.5. The molecule has 0 radical (unpaired) electrons. The van der Waals surface area contributed by atoms with Crippen molar-refractivity contribution in [3.63, 3.8) is 0 Å². The summed E-state index contributed by atoms with van der Waals surface area (Å²) in [5.41, 5.74) is 1.26. The fraction of sp³-hybridized carbons (Fsp3) is 0.357. The first-order valence-electron chi connectivity index (χ1n) is 5.49. The summed E-state index contributed by atoms with van der Waals surface area (Å²) < 4.78 is 4.58. The van der Waals surface area contributed by atoms with Gasteiger partial charge < -0.3 is 4.74 Å². The van der Waals surface area contributed by atoms with Crippen molar-refractivity contribution in [2.75, 3.05) is 0 Å². The third-order valence-electron chi connectivity index (χ3n) is 1.57. The van der Waals surface area contributed by atoms with Gasteiger partial charge in [0.2, 0.25) is 0 Å². The maximum absolute atomic E-state index is 4.58. The first kappa shape index (κ1) is 18.0. The fourth-order valence-corrected chi connectivity index (χ4v) is 0.835. The van der Waals surface area contributed by atoms with E-state index in [9.17, 15) is 0 Å². The van der Waals surface area contributed by atoms with E-state index in [1.807, 2.05) is 52.0 Å². The average molecular weight is 389 g/mol. The van der Waals surface area contributed by atoms with E-state index in [1.54, 1.807) is 6.61 Å². The Labute approximate surface area is 114 Å². The van der Waals surface area contributed by atoms with Crippen LogP contribution in [0, 0.1) is 6.61 Å². The van der Waals surface area contributed by atoms with Crippen LogP contribution in [0.4, 0.5) is 0 Å². The molecule has 1 aromatic carbocycles. The minimum Gasteiger partial charge on any atom is -0.570 e. The summed E-state index contributed by atoms with van der Waals surface area (Å²) in [4.78, 5) is 0. The normalized spacial score (nSPS) is 16.1. The molecule has 0 aromatic heterocycles. The van der Waals surface area contributed by atoms with Gasteiger partial charge >= 0.3 is 0 Å². The number of allylic oxidation sites excluding steroid dienone is 1. The van der Waals surface area contributed by atoms with E-state index in [2.05, 4.69) is 22.9 Å². The van der Waals surface area contributed by atoms with E-state index in [0.717, 1.165) is 0 Å². The van der Waals surface area contributed by atoms with E-state index in [4.69, 9.17) is 0 Å². The molecule has 0 amide bonds. The molecule has 1 aliphatic heterocycles. The number of rotatable bonds is 1. The van der Waals surface area contributed by atoms with Crippen molar-refractivity contribution >= 4 is 6.08 Å². The zero-order chi connectivity index (χ0) is 11.5. The van der Waals surface area contributed by atoms with Gasteiger partial charge in [-0.05, 0) is 12.5 Å².